The van der Waals surface area contributed by atoms with Crippen molar-refractivity contribution in [1.29, 1.82) is 0 Å². The van der Waals surface area contributed by atoms with Gasteiger partial charge >= 0.3 is 0 Å². The van der Waals surface area contributed by atoms with Gasteiger partial charge < -0.3 is 15.1 Å². The number of halogens is 1. The van der Waals surface area contributed by atoms with E-state index in [1.807, 2.05) is 79.8 Å². The van der Waals surface area contributed by atoms with Crippen LogP contribution in [0.4, 0.5) is 28.6 Å². The molecule has 8 rings (SSSR count). The summed E-state index contributed by atoms with van der Waals surface area (Å²) in [5.41, 5.74) is 6.01. The van der Waals surface area contributed by atoms with E-state index in [-0.39, 0.29) is 28.1 Å². The van der Waals surface area contributed by atoms with Gasteiger partial charge in [0, 0.05) is 103 Å². The molecule has 63 heavy (non-hydrogen) atoms. The number of nitrogens with one attached hydrogen (secondary N) is 2. The van der Waals surface area contributed by atoms with Gasteiger partial charge in [0.05, 0.1) is 15.3 Å². The Balaban J connectivity index is 0.940. The van der Waals surface area contributed by atoms with Crippen molar-refractivity contribution in [1.82, 2.24) is 19.9 Å². The maximum absolute atomic E-state index is 13.9. The molecule has 0 amide bonds. The zero-order valence-electron chi connectivity index (χ0n) is 34.5. The average Bonchev–Trinajstić information content (AvgIpc) is 3.31. The molecule has 16 heteroatoms. The topological polar surface area (TPSA) is 150 Å². The highest BCUT2D eigenvalue weighted by molar-refractivity contribution is 7.99. The summed E-state index contributed by atoms with van der Waals surface area (Å²) in [6.45, 7) is 4.81. The van der Waals surface area contributed by atoms with Crippen LogP contribution in [0.15, 0.2) is 156 Å². The van der Waals surface area contributed by atoms with Crippen molar-refractivity contribution in [2.24, 2.45) is 0 Å². The Morgan fingerprint density at radius 1 is 0.873 bits per heavy atom. The molecular weight excluding hydrogens is 854 g/mol. The second-order valence-corrected chi connectivity index (χ2v) is 18.5. The summed E-state index contributed by atoms with van der Waals surface area (Å²) in [7, 11) is -2.31. The van der Waals surface area contributed by atoms with E-state index in [4.69, 9.17) is 11.6 Å². The van der Waals surface area contributed by atoms with Gasteiger partial charge in [0.25, 0.3) is 15.7 Å². The van der Waals surface area contributed by atoms with Gasteiger partial charge in [-0.3, -0.25) is 24.7 Å². The van der Waals surface area contributed by atoms with Crippen LogP contribution in [0.3, 0.4) is 0 Å². The molecule has 2 N–H and O–H groups in total. The van der Waals surface area contributed by atoms with Crippen LogP contribution in [0.1, 0.15) is 12.0 Å². The summed E-state index contributed by atoms with van der Waals surface area (Å²) in [5.74, 6) is 0.698. The second kappa shape index (κ2) is 19.8. The Hall–Kier alpha value is -6.26. The molecule has 7 aromatic rings. The highest BCUT2D eigenvalue weighted by atomic mass is 35.5. The number of nitro benzene ring substituents is 1. The van der Waals surface area contributed by atoms with Gasteiger partial charge in [0.15, 0.2) is 5.82 Å². The number of anilines is 4. The molecular formula is C47H46ClN9O4S2. The van der Waals surface area contributed by atoms with E-state index in [9.17, 15) is 18.5 Å². The van der Waals surface area contributed by atoms with Crippen LogP contribution >= 0.6 is 23.4 Å². The molecule has 5 aromatic carbocycles. The number of rotatable bonds is 17. The van der Waals surface area contributed by atoms with Crippen molar-refractivity contribution in [3.05, 3.63) is 167 Å². The lowest BCUT2D eigenvalue weighted by Gasteiger charge is -2.36. The Labute approximate surface area is 376 Å². The SMILES string of the molecule is CN(CCC(CSc1ccccc1)Nc1ccc(S(=O)(=O)Nc2ncnc3cc(N4CCN(Cc5ccccc5-c5ccc(Cl)cc5)CC4)ccc23)cc1[N+](=O)[O-])c1ccncc1. The molecule has 2 aromatic heterocycles. The van der Waals surface area contributed by atoms with Gasteiger partial charge in [0.1, 0.15) is 12.0 Å². The molecule has 0 saturated carbocycles. The fraction of sp³-hybridized carbons (Fsp3) is 0.213. The number of hydrogen-bond donors (Lipinski definition) is 2. The minimum Gasteiger partial charge on any atom is -0.376 e. The van der Waals surface area contributed by atoms with Crippen molar-refractivity contribution in [2.75, 3.05) is 65.4 Å². The van der Waals surface area contributed by atoms with Crippen molar-refractivity contribution in [3.8, 4) is 11.1 Å². The molecule has 0 bridgehead atoms. The van der Waals surface area contributed by atoms with E-state index in [0.29, 0.717) is 34.6 Å². The highest BCUT2D eigenvalue weighted by Crippen LogP contribution is 2.33. The first kappa shape index (κ1) is 43.4. The van der Waals surface area contributed by atoms with Gasteiger partial charge in [-0.05, 0) is 89.8 Å². The van der Waals surface area contributed by atoms with Gasteiger partial charge in [-0.25, -0.2) is 18.4 Å². The second-order valence-electron chi connectivity index (χ2n) is 15.3. The Bertz CT molecular complexity index is 2780. The predicted octanol–water partition coefficient (Wildman–Crippen LogP) is 9.48. The third-order valence-electron chi connectivity index (χ3n) is 11.1. The quantitative estimate of drug-likeness (QED) is 0.0509. The van der Waals surface area contributed by atoms with Crippen molar-refractivity contribution >= 4 is 72.9 Å². The molecule has 322 valence electrons. The largest absolute Gasteiger partial charge is 0.376 e. The maximum Gasteiger partial charge on any atom is 0.293 e. The van der Waals surface area contributed by atoms with Crippen LogP contribution in [0.25, 0.3) is 22.0 Å². The minimum absolute atomic E-state index is 0.0805. The molecule has 1 aliphatic rings. The van der Waals surface area contributed by atoms with Crippen LogP contribution in [-0.2, 0) is 16.6 Å². The van der Waals surface area contributed by atoms with Crippen LogP contribution in [0.5, 0.6) is 0 Å². The number of fused-ring (bicyclic) bond motifs is 1. The first-order chi connectivity index (χ1) is 30.6. The average molecular weight is 901 g/mol. The van der Waals surface area contributed by atoms with Gasteiger partial charge in [-0.15, -0.1) is 11.8 Å². The number of benzene rings is 5. The molecule has 0 aliphatic carbocycles. The van der Waals surface area contributed by atoms with Crippen LogP contribution in [0, 0.1) is 10.1 Å². The first-order valence-electron chi connectivity index (χ1n) is 20.5. The van der Waals surface area contributed by atoms with E-state index in [1.54, 1.807) is 24.2 Å². The van der Waals surface area contributed by atoms with E-state index < -0.39 is 14.9 Å². The molecule has 1 atom stereocenters. The number of aromatic nitrogens is 3. The van der Waals surface area contributed by atoms with Gasteiger partial charge in [-0.2, -0.15) is 0 Å². The Morgan fingerprint density at radius 3 is 2.38 bits per heavy atom. The highest BCUT2D eigenvalue weighted by Gasteiger charge is 2.25. The molecule has 1 saturated heterocycles. The summed E-state index contributed by atoms with van der Waals surface area (Å²) in [5, 5.41) is 17.1. The van der Waals surface area contributed by atoms with E-state index in [1.165, 1.54) is 29.6 Å². The van der Waals surface area contributed by atoms with Crippen molar-refractivity contribution in [2.45, 2.75) is 28.8 Å². The normalized spacial score (nSPS) is 13.7. The summed E-state index contributed by atoms with van der Waals surface area (Å²) in [6, 6.07) is 39.6. The zero-order chi connectivity index (χ0) is 43.8. The minimum atomic E-state index is -4.30. The monoisotopic (exact) mass is 899 g/mol. The summed E-state index contributed by atoms with van der Waals surface area (Å²) < 4.78 is 30.3. The number of thioether (sulfide) groups is 1. The number of nitrogens with zero attached hydrogens (tertiary/aromatic N) is 7. The van der Waals surface area contributed by atoms with Crippen LogP contribution in [0.2, 0.25) is 5.02 Å². The molecule has 0 spiro atoms. The van der Waals surface area contributed by atoms with E-state index in [0.717, 1.165) is 60.6 Å². The molecule has 3 heterocycles. The Kier molecular flexibility index (Phi) is 13.7. The lowest BCUT2D eigenvalue weighted by atomic mass is 9.99. The third kappa shape index (κ3) is 10.9. The summed E-state index contributed by atoms with van der Waals surface area (Å²) in [4.78, 5) is 32.4. The predicted molar refractivity (Wildman–Crippen MR) is 255 cm³/mol. The molecule has 1 fully saturated rings. The number of pyridine rings is 1. The van der Waals surface area contributed by atoms with Crippen LogP contribution in [-0.4, -0.2) is 84.8 Å². The molecule has 1 unspecified atom stereocenters. The summed E-state index contributed by atoms with van der Waals surface area (Å²) >= 11 is 7.79. The van der Waals surface area contributed by atoms with Crippen molar-refractivity contribution < 1.29 is 13.3 Å². The maximum atomic E-state index is 13.9. The third-order valence-corrected chi connectivity index (χ3v) is 13.9. The number of hydrogen-bond acceptors (Lipinski definition) is 12. The lowest BCUT2D eigenvalue weighted by molar-refractivity contribution is -0.384. The molecule has 1 aliphatic heterocycles. The lowest BCUT2D eigenvalue weighted by Crippen LogP contribution is -2.46. The zero-order valence-corrected chi connectivity index (χ0v) is 36.9. The van der Waals surface area contributed by atoms with E-state index in [2.05, 4.69) is 76.1 Å². The first-order valence-corrected chi connectivity index (χ1v) is 23.4. The van der Waals surface area contributed by atoms with Crippen molar-refractivity contribution in [3.63, 3.8) is 0 Å². The smallest absolute Gasteiger partial charge is 0.293 e. The van der Waals surface area contributed by atoms with Gasteiger partial charge in [-0.1, -0.05) is 66.2 Å². The molecule has 13 nitrogen and oxygen atoms in total. The number of piperazine rings is 1. The van der Waals surface area contributed by atoms with Crippen LogP contribution < -0.4 is 19.8 Å². The number of nitro groups is 1. The van der Waals surface area contributed by atoms with Gasteiger partial charge in [0.2, 0.25) is 0 Å². The standard InChI is InChI=1S/C47H46ClN9O4S2/c1-54(38-19-22-49-23-20-38)24-21-37(32-62-40-8-3-2-4-9-40)52-44-18-16-41(30-46(44)57(58)59)63(60,61)53-47-43-17-15-39(29-45(43)50-33-51-47)56-27-25-55(26-28-56)31-35-7-5-6-10-42(35)34-11-13-36(48)14-12-34/h2-20,22-23,29-30,33,37,52H,21,24-28,31-32H2,1H3,(H,50,51,53). The fourth-order valence-electron chi connectivity index (χ4n) is 7.64. The molecule has 0 radical (unpaired) electrons. The fourth-order valence-corrected chi connectivity index (χ4v) is 9.81. The van der Waals surface area contributed by atoms with E-state index >= 15 is 0 Å². The number of sulfonamides is 1. The Morgan fingerprint density at radius 2 is 1.62 bits per heavy atom. The summed E-state index contributed by atoms with van der Waals surface area (Å²) in [6.07, 6.45) is 5.44.